The maximum Gasteiger partial charge on any atom is 0.0267 e. The molecular weight excluding hydrogens is 144 g/mol. The molecule has 0 aliphatic carbocycles. The van der Waals surface area contributed by atoms with Crippen molar-refractivity contribution >= 4 is 0 Å². The van der Waals surface area contributed by atoms with Crippen molar-refractivity contribution in [1.82, 2.24) is 0 Å². The third kappa shape index (κ3) is 10.0. The first-order valence-corrected chi connectivity index (χ1v) is 4.86. The SMILES string of the molecule is [2H]CC([2H])C([2H])C([2H])C([2H])C([2H])CCCCCC. The highest BCUT2D eigenvalue weighted by atomic mass is 14.0. The van der Waals surface area contributed by atoms with E-state index in [2.05, 4.69) is 6.92 Å². The van der Waals surface area contributed by atoms with Gasteiger partial charge in [0.2, 0.25) is 0 Å². The van der Waals surface area contributed by atoms with E-state index in [1.54, 1.807) is 0 Å². The molecule has 0 heterocycles. The lowest BCUT2D eigenvalue weighted by molar-refractivity contribution is 0.562. The summed E-state index contributed by atoms with van der Waals surface area (Å²) in [4.78, 5) is 0. The summed E-state index contributed by atoms with van der Waals surface area (Å²) in [6, 6.07) is 0. The van der Waals surface area contributed by atoms with Gasteiger partial charge < -0.3 is 0 Å². The molecule has 74 valence electrons. The molecule has 0 fully saturated rings. The van der Waals surface area contributed by atoms with Gasteiger partial charge in [-0.25, -0.2) is 0 Å². The standard InChI is InChI=1S/C12H26/c1-3-5-7-9-11-12-10-8-6-4-2/h3-12H2,1-2H3/i1D,3D,5D,7D,9D,11D. The van der Waals surface area contributed by atoms with Crippen LogP contribution in [-0.2, 0) is 0 Å². The molecule has 0 bridgehead atoms. The van der Waals surface area contributed by atoms with Crippen LogP contribution in [0.3, 0.4) is 0 Å². The fourth-order valence-corrected chi connectivity index (χ4v) is 1.01. The largest absolute Gasteiger partial charge is 0.0654 e. The molecule has 0 spiro atoms. The predicted octanol–water partition coefficient (Wildman–Crippen LogP) is 4.93. The minimum atomic E-state index is -1.05. The van der Waals surface area contributed by atoms with Crippen molar-refractivity contribution in [1.29, 1.82) is 0 Å². The molecule has 12 heavy (non-hydrogen) atoms. The van der Waals surface area contributed by atoms with Crippen molar-refractivity contribution in [3.8, 4) is 0 Å². The smallest absolute Gasteiger partial charge is 0.0267 e. The maximum absolute atomic E-state index is 7.84. The highest BCUT2D eigenvalue weighted by molar-refractivity contribution is 4.45. The van der Waals surface area contributed by atoms with Crippen molar-refractivity contribution in [2.75, 3.05) is 0 Å². The summed E-state index contributed by atoms with van der Waals surface area (Å²) in [7, 11) is 0. The van der Waals surface area contributed by atoms with Crippen molar-refractivity contribution in [2.45, 2.75) is 77.9 Å². The van der Waals surface area contributed by atoms with E-state index in [0.29, 0.717) is 6.42 Å². The Morgan fingerprint density at radius 2 is 1.67 bits per heavy atom. The van der Waals surface area contributed by atoms with E-state index in [1.807, 2.05) is 0 Å². The molecule has 0 rings (SSSR count). The van der Waals surface area contributed by atoms with Gasteiger partial charge in [0.1, 0.15) is 0 Å². The molecule has 5 unspecified atom stereocenters. The Labute approximate surface area is 87.2 Å². The molecule has 5 atom stereocenters. The van der Waals surface area contributed by atoms with E-state index in [0.717, 1.165) is 25.7 Å². The first kappa shape index (κ1) is 5.02. The average molecular weight is 176 g/mol. The second kappa shape index (κ2) is 11.0. The molecule has 0 aromatic rings. The molecule has 0 aliphatic rings. The van der Waals surface area contributed by atoms with Crippen LogP contribution in [0.2, 0.25) is 0 Å². The Kier molecular flexibility index (Phi) is 4.61. The van der Waals surface area contributed by atoms with Crippen LogP contribution >= 0.6 is 0 Å². The van der Waals surface area contributed by atoms with Gasteiger partial charge in [-0.15, -0.1) is 0 Å². The van der Waals surface area contributed by atoms with E-state index in [-0.39, 0.29) is 6.90 Å². The molecule has 0 aromatic carbocycles. The van der Waals surface area contributed by atoms with Gasteiger partial charge in [0.05, 0.1) is 0 Å². The molecule has 0 aromatic heterocycles. The molecule has 0 radical (unpaired) electrons. The second-order valence-electron chi connectivity index (χ2n) is 2.90. The Morgan fingerprint density at radius 3 is 2.42 bits per heavy atom. The summed E-state index contributed by atoms with van der Waals surface area (Å²) >= 11 is 0. The summed E-state index contributed by atoms with van der Waals surface area (Å²) < 4.78 is 45.6. The fraction of sp³-hybridized carbons (Fsp3) is 1.00. The Bertz CT molecular complexity index is 201. The van der Waals surface area contributed by atoms with Crippen LogP contribution in [0.1, 0.15) is 86.1 Å². The second-order valence-corrected chi connectivity index (χ2v) is 2.90. The Hall–Kier alpha value is 0. The summed E-state index contributed by atoms with van der Waals surface area (Å²) in [5, 5.41) is 0. The van der Waals surface area contributed by atoms with Crippen LogP contribution in [0.25, 0.3) is 0 Å². The van der Waals surface area contributed by atoms with E-state index in [4.69, 9.17) is 8.22 Å². The zero-order valence-corrected chi connectivity index (χ0v) is 8.13. The van der Waals surface area contributed by atoms with E-state index in [1.165, 1.54) is 0 Å². The number of hydrogen-bond donors (Lipinski definition) is 0. The van der Waals surface area contributed by atoms with Crippen LogP contribution in [0.5, 0.6) is 0 Å². The minimum Gasteiger partial charge on any atom is -0.0654 e. The first-order chi connectivity index (χ1) is 8.45. The number of hydrogen-bond acceptors (Lipinski definition) is 0. The minimum absolute atomic E-state index is 0.213. The number of rotatable bonds is 9. The van der Waals surface area contributed by atoms with E-state index in [9.17, 15) is 0 Å². The van der Waals surface area contributed by atoms with Gasteiger partial charge in [0.25, 0.3) is 0 Å². The predicted molar refractivity (Wildman–Crippen MR) is 57.5 cm³/mol. The van der Waals surface area contributed by atoms with Crippen LogP contribution in [0.4, 0.5) is 0 Å². The normalized spacial score (nSPS) is 30.8. The van der Waals surface area contributed by atoms with Gasteiger partial charge in [-0.2, -0.15) is 0 Å². The summed E-state index contributed by atoms with van der Waals surface area (Å²) in [6.45, 7) is 1.90. The monoisotopic (exact) mass is 176 g/mol. The lowest BCUT2D eigenvalue weighted by Crippen LogP contribution is -1.80. The summed E-state index contributed by atoms with van der Waals surface area (Å²) in [5.74, 6) is 0. The van der Waals surface area contributed by atoms with Gasteiger partial charge in [-0.1, -0.05) is 77.9 Å². The van der Waals surface area contributed by atoms with Crippen molar-refractivity contribution in [3.05, 3.63) is 0 Å². The first-order valence-electron chi connectivity index (χ1n) is 8.45. The van der Waals surface area contributed by atoms with Gasteiger partial charge in [-0.3, -0.25) is 0 Å². The molecule has 0 saturated carbocycles. The molecule has 0 saturated heterocycles. The maximum atomic E-state index is 7.84. The zero-order chi connectivity index (χ0) is 14.1. The third-order valence-corrected chi connectivity index (χ3v) is 1.72. The molecule has 0 N–H and O–H groups in total. The Balaban J connectivity index is 4.06. The van der Waals surface area contributed by atoms with Crippen LogP contribution < -0.4 is 0 Å². The van der Waals surface area contributed by atoms with Crippen LogP contribution in [0, 0.1) is 0 Å². The van der Waals surface area contributed by atoms with Gasteiger partial charge >= 0.3 is 0 Å². The van der Waals surface area contributed by atoms with Gasteiger partial charge in [-0.05, 0) is 0 Å². The highest BCUT2D eigenvalue weighted by Crippen LogP contribution is 2.09. The topological polar surface area (TPSA) is 0 Å². The van der Waals surface area contributed by atoms with Crippen LogP contribution in [0.15, 0.2) is 0 Å². The third-order valence-electron chi connectivity index (χ3n) is 1.72. The van der Waals surface area contributed by atoms with Gasteiger partial charge in [0, 0.05) is 8.22 Å². The van der Waals surface area contributed by atoms with Crippen LogP contribution in [-0.4, -0.2) is 0 Å². The lowest BCUT2D eigenvalue weighted by atomic mass is 10.1. The molecule has 0 nitrogen and oxygen atoms in total. The van der Waals surface area contributed by atoms with E-state index < -0.39 is 32.0 Å². The molecule has 0 heteroatoms. The molecular formula is C12H26. The summed E-state index contributed by atoms with van der Waals surface area (Å²) in [5.41, 5.74) is 0. The van der Waals surface area contributed by atoms with Gasteiger partial charge in [0.15, 0.2) is 0 Å². The number of unbranched alkanes of at least 4 members (excludes halogenated alkanes) is 3. The average Bonchev–Trinajstić information content (AvgIpc) is 2.39. The molecule has 0 amide bonds. The van der Waals surface area contributed by atoms with E-state index >= 15 is 0 Å². The summed E-state index contributed by atoms with van der Waals surface area (Å²) in [6.07, 6.45) is 0.201. The van der Waals surface area contributed by atoms with Crippen molar-refractivity contribution in [3.63, 3.8) is 0 Å². The quantitative estimate of drug-likeness (QED) is 0.437. The fourth-order valence-electron chi connectivity index (χ4n) is 1.01. The zero-order valence-electron chi connectivity index (χ0n) is 14.1. The lowest BCUT2D eigenvalue weighted by Gasteiger charge is -1.99. The Morgan fingerprint density at radius 1 is 0.917 bits per heavy atom. The highest BCUT2D eigenvalue weighted by Gasteiger charge is 1.90. The van der Waals surface area contributed by atoms with Crippen molar-refractivity contribution in [2.24, 2.45) is 0 Å². The molecule has 0 aliphatic heterocycles. The van der Waals surface area contributed by atoms with Crippen molar-refractivity contribution < 1.29 is 8.22 Å².